The molecule has 1 aliphatic carbocycles. The van der Waals surface area contributed by atoms with Gasteiger partial charge in [0, 0.05) is 12.6 Å². The maximum absolute atomic E-state index is 12.0. The molecule has 104 valence electrons. The molecule has 1 aliphatic heterocycles. The monoisotopic (exact) mass is 252 g/mol. The Hall–Kier alpha value is -0.570. The first kappa shape index (κ1) is 13.9. The van der Waals surface area contributed by atoms with Crippen molar-refractivity contribution in [1.29, 1.82) is 0 Å². The highest BCUT2D eigenvalue weighted by Gasteiger charge is 2.34. The molecule has 0 aromatic carbocycles. The Morgan fingerprint density at radius 2 is 2.06 bits per heavy atom. The smallest absolute Gasteiger partial charge is 0.237 e. The molecule has 1 amide bonds. The summed E-state index contributed by atoms with van der Waals surface area (Å²) in [5.74, 6) is 0.976. The van der Waals surface area contributed by atoms with Gasteiger partial charge in [0.1, 0.15) is 0 Å². The summed E-state index contributed by atoms with van der Waals surface area (Å²) in [6, 6.07) is 0.552. The molecule has 0 aromatic rings. The molecule has 18 heavy (non-hydrogen) atoms. The lowest BCUT2D eigenvalue weighted by atomic mass is 9.70. The van der Waals surface area contributed by atoms with Crippen molar-refractivity contribution in [3.05, 3.63) is 0 Å². The lowest BCUT2D eigenvalue weighted by molar-refractivity contribution is -0.123. The minimum Gasteiger partial charge on any atom is -0.355 e. The summed E-state index contributed by atoms with van der Waals surface area (Å²) < 4.78 is 0. The van der Waals surface area contributed by atoms with Gasteiger partial charge in [-0.25, -0.2) is 0 Å². The number of carbonyl (C=O) groups excluding carboxylic acids is 1. The quantitative estimate of drug-likeness (QED) is 0.792. The molecule has 2 fully saturated rings. The van der Waals surface area contributed by atoms with Crippen LogP contribution in [-0.2, 0) is 4.79 Å². The van der Waals surface area contributed by atoms with Crippen LogP contribution in [0.3, 0.4) is 0 Å². The van der Waals surface area contributed by atoms with Gasteiger partial charge in [0.2, 0.25) is 5.91 Å². The fourth-order valence-electron chi connectivity index (χ4n) is 3.86. The van der Waals surface area contributed by atoms with Crippen molar-refractivity contribution < 1.29 is 4.79 Å². The van der Waals surface area contributed by atoms with E-state index in [-0.39, 0.29) is 11.9 Å². The molecule has 3 unspecified atom stereocenters. The molecule has 2 aliphatic rings. The fourth-order valence-corrected chi connectivity index (χ4v) is 3.86. The Labute approximate surface area is 111 Å². The van der Waals surface area contributed by atoms with Gasteiger partial charge in [0.25, 0.3) is 0 Å². The Bertz CT molecular complexity index is 301. The van der Waals surface area contributed by atoms with E-state index in [4.69, 9.17) is 0 Å². The van der Waals surface area contributed by atoms with Crippen LogP contribution in [0.4, 0.5) is 0 Å². The highest BCUT2D eigenvalue weighted by molar-refractivity contribution is 5.81. The third-order valence-electron chi connectivity index (χ3n) is 4.36. The summed E-state index contributed by atoms with van der Waals surface area (Å²) in [6.45, 7) is 7.89. The number of hydrogen-bond donors (Lipinski definition) is 2. The van der Waals surface area contributed by atoms with Crippen LogP contribution in [0, 0.1) is 11.3 Å². The molecule has 3 atom stereocenters. The second kappa shape index (κ2) is 5.60. The third-order valence-corrected chi connectivity index (χ3v) is 4.36. The molecule has 1 saturated carbocycles. The van der Waals surface area contributed by atoms with Gasteiger partial charge < -0.3 is 10.6 Å². The summed E-state index contributed by atoms with van der Waals surface area (Å²) in [5.41, 5.74) is 0.413. The molecular weight excluding hydrogens is 224 g/mol. The van der Waals surface area contributed by atoms with Crippen molar-refractivity contribution in [2.24, 2.45) is 11.3 Å². The predicted octanol–water partition coefficient (Wildman–Crippen LogP) is 2.46. The standard InChI is InChI=1S/C15H28N2O/c1-11-8-12(10-15(2,3)9-11)17-13-6-4-5-7-16-14(13)18/h11-13,17H,4-10H2,1-3H3,(H,16,18). The van der Waals surface area contributed by atoms with Crippen molar-refractivity contribution in [2.75, 3.05) is 6.54 Å². The summed E-state index contributed by atoms with van der Waals surface area (Å²) in [6.07, 6.45) is 6.99. The average Bonchev–Trinajstić information content (AvgIpc) is 2.41. The summed E-state index contributed by atoms with van der Waals surface area (Å²) in [7, 11) is 0. The van der Waals surface area contributed by atoms with E-state index in [2.05, 4.69) is 31.4 Å². The molecular formula is C15H28N2O. The fraction of sp³-hybridized carbons (Fsp3) is 0.933. The Morgan fingerprint density at radius 3 is 2.78 bits per heavy atom. The van der Waals surface area contributed by atoms with Crippen LogP contribution in [0.1, 0.15) is 59.3 Å². The number of carbonyl (C=O) groups is 1. The van der Waals surface area contributed by atoms with Gasteiger partial charge in [0.05, 0.1) is 6.04 Å². The van der Waals surface area contributed by atoms with Gasteiger partial charge in [-0.05, 0) is 49.9 Å². The van der Waals surface area contributed by atoms with E-state index in [1.165, 1.54) is 19.3 Å². The largest absolute Gasteiger partial charge is 0.355 e. The van der Waals surface area contributed by atoms with Crippen LogP contribution in [0.15, 0.2) is 0 Å². The predicted molar refractivity (Wildman–Crippen MR) is 74.4 cm³/mol. The van der Waals surface area contributed by atoms with Crippen LogP contribution < -0.4 is 10.6 Å². The number of hydrogen-bond acceptors (Lipinski definition) is 2. The Balaban J connectivity index is 1.93. The van der Waals surface area contributed by atoms with Crippen molar-refractivity contribution in [3.63, 3.8) is 0 Å². The first-order valence-corrected chi connectivity index (χ1v) is 7.50. The normalized spacial score (nSPS) is 36.8. The van der Waals surface area contributed by atoms with Crippen molar-refractivity contribution in [1.82, 2.24) is 10.6 Å². The van der Waals surface area contributed by atoms with E-state index in [1.807, 2.05) is 0 Å². The third kappa shape index (κ3) is 3.71. The SMILES string of the molecule is CC1CC(NC2CCCCNC2=O)CC(C)(C)C1. The number of rotatable bonds is 2. The van der Waals surface area contributed by atoms with Gasteiger partial charge >= 0.3 is 0 Å². The second-order valence-electron chi connectivity index (χ2n) is 7.12. The lowest BCUT2D eigenvalue weighted by Crippen LogP contribution is -2.50. The maximum atomic E-state index is 12.0. The van der Waals surface area contributed by atoms with E-state index in [9.17, 15) is 4.79 Å². The molecule has 0 spiro atoms. The first-order valence-electron chi connectivity index (χ1n) is 7.50. The van der Waals surface area contributed by atoms with Gasteiger partial charge in [-0.2, -0.15) is 0 Å². The van der Waals surface area contributed by atoms with Crippen LogP contribution in [-0.4, -0.2) is 24.5 Å². The van der Waals surface area contributed by atoms with Crippen LogP contribution in [0.2, 0.25) is 0 Å². The topological polar surface area (TPSA) is 41.1 Å². The van der Waals surface area contributed by atoms with Gasteiger partial charge in [-0.3, -0.25) is 4.79 Å². The van der Waals surface area contributed by atoms with Gasteiger partial charge in [-0.1, -0.05) is 20.8 Å². The number of amides is 1. The molecule has 3 nitrogen and oxygen atoms in total. The average molecular weight is 252 g/mol. The zero-order valence-electron chi connectivity index (χ0n) is 12.1. The van der Waals surface area contributed by atoms with Crippen molar-refractivity contribution >= 4 is 5.91 Å². The number of nitrogens with one attached hydrogen (secondary N) is 2. The molecule has 2 rings (SSSR count). The van der Waals surface area contributed by atoms with E-state index in [1.54, 1.807) is 0 Å². The molecule has 0 radical (unpaired) electrons. The zero-order valence-corrected chi connectivity index (χ0v) is 12.1. The van der Waals surface area contributed by atoms with Crippen molar-refractivity contribution in [3.8, 4) is 0 Å². The Morgan fingerprint density at radius 1 is 1.28 bits per heavy atom. The van der Waals surface area contributed by atoms with Crippen molar-refractivity contribution in [2.45, 2.75) is 71.4 Å². The summed E-state index contributed by atoms with van der Waals surface area (Å²) in [5, 5.41) is 6.64. The molecule has 1 saturated heterocycles. The van der Waals surface area contributed by atoms with Gasteiger partial charge in [0.15, 0.2) is 0 Å². The van der Waals surface area contributed by atoms with Crippen LogP contribution in [0.5, 0.6) is 0 Å². The van der Waals surface area contributed by atoms with Crippen LogP contribution in [0.25, 0.3) is 0 Å². The van der Waals surface area contributed by atoms with Gasteiger partial charge in [-0.15, -0.1) is 0 Å². The second-order valence-corrected chi connectivity index (χ2v) is 7.12. The van der Waals surface area contributed by atoms with E-state index < -0.39 is 0 Å². The Kier molecular flexibility index (Phi) is 4.31. The molecule has 0 bridgehead atoms. The molecule has 3 heteroatoms. The molecule has 0 aromatic heterocycles. The zero-order chi connectivity index (χ0) is 13.2. The highest BCUT2D eigenvalue weighted by Crippen LogP contribution is 2.38. The summed E-state index contributed by atoms with van der Waals surface area (Å²) in [4.78, 5) is 12.0. The lowest BCUT2D eigenvalue weighted by Gasteiger charge is -2.40. The minimum absolute atomic E-state index is 0.0404. The van der Waals surface area contributed by atoms with E-state index >= 15 is 0 Å². The first-order chi connectivity index (χ1) is 8.46. The summed E-state index contributed by atoms with van der Waals surface area (Å²) >= 11 is 0. The highest BCUT2D eigenvalue weighted by atomic mass is 16.2. The maximum Gasteiger partial charge on any atom is 0.237 e. The molecule has 2 N–H and O–H groups in total. The minimum atomic E-state index is 0.0404. The molecule has 1 heterocycles. The van der Waals surface area contributed by atoms with Crippen LogP contribution >= 0.6 is 0 Å². The van der Waals surface area contributed by atoms with E-state index in [0.29, 0.717) is 11.5 Å². The van der Waals surface area contributed by atoms with E-state index in [0.717, 1.165) is 31.7 Å².